The van der Waals surface area contributed by atoms with Crippen molar-refractivity contribution in [1.82, 2.24) is 5.32 Å². The molecule has 0 aromatic heterocycles. The Hall–Kier alpha value is -3.94. The van der Waals surface area contributed by atoms with Gasteiger partial charge in [-0.15, -0.1) is 0 Å². The van der Waals surface area contributed by atoms with Gasteiger partial charge < -0.3 is 32.0 Å². The molecule has 182 valence electrons. The molecule has 1 aromatic carbocycles. The summed E-state index contributed by atoms with van der Waals surface area (Å²) >= 11 is 0. The van der Waals surface area contributed by atoms with Gasteiger partial charge in [-0.2, -0.15) is 6.41 Å². The fourth-order valence-electron chi connectivity index (χ4n) is 2.13. The first-order chi connectivity index (χ1) is 14.2. The van der Waals surface area contributed by atoms with Gasteiger partial charge in [-0.1, -0.05) is 39.8 Å². The van der Waals surface area contributed by atoms with Crippen LogP contribution in [0.5, 0.6) is 0 Å². The van der Waals surface area contributed by atoms with Crippen LogP contribution in [-0.2, 0) is 25.8 Å². The maximum absolute atomic E-state index is 11.4. The number of amides is 4. The molecule has 0 fully saturated rings. The number of rotatable bonds is 11. The second-order valence-electron chi connectivity index (χ2n) is 6.55. The van der Waals surface area contributed by atoms with Crippen molar-refractivity contribution in [2.24, 2.45) is 17.4 Å². The standard InChI is InChI=1S/C12H16N2O3.C7H13N2O2.C2H6.Fm/c13-11(16)2-1-3-12(17)14-10-6-4-9(8-15)5-7-10;1-5(2)3-6(7(8)11)9-4-10;1-2;/h4-7,15H,1-3,8H2,(H2,13,16)(H,14,17);5-6H,3H2,1-2H3,(H2,8,11)(H,9,10);1-2H3;/q;-1;;. The van der Waals surface area contributed by atoms with E-state index in [9.17, 15) is 19.2 Å². The van der Waals surface area contributed by atoms with Crippen LogP contribution < -0.4 is 22.1 Å². The number of hydrogen-bond donors (Lipinski definition) is 5. The molecule has 0 heterocycles. The Bertz CT molecular complexity index is 639. The predicted molar refractivity (Wildman–Crippen MR) is 117 cm³/mol. The van der Waals surface area contributed by atoms with E-state index in [1.807, 2.05) is 27.7 Å². The monoisotopic (exact) mass is 680 g/mol. The van der Waals surface area contributed by atoms with Crippen molar-refractivity contribution in [2.75, 3.05) is 5.32 Å². The summed E-state index contributed by atoms with van der Waals surface area (Å²) < 4.78 is 0. The van der Waals surface area contributed by atoms with Crippen LogP contribution in [0.1, 0.15) is 58.9 Å². The first kappa shape index (κ1) is 31.7. The van der Waals surface area contributed by atoms with Crippen LogP contribution in [0.2, 0.25) is 0 Å². The Morgan fingerprint density at radius 2 is 1.61 bits per heavy atom. The summed E-state index contributed by atoms with van der Waals surface area (Å²) in [4.78, 5) is 42.4. The number of nitrogens with one attached hydrogen (secondary N) is 2. The molecule has 1 atom stereocenters. The summed E-state index contributed by atoms with van der Waals surface area (Å²) in [6.45, 7) is 7.87. The minimum atomic E-state index is -0.576. The smallest absolute Gasteiger partial charge is 0.237 e. The van der Waals surface area contributed by atoms with Crippen LogP contribution in [0.4, 0.5) is 5.69 Å². The van der Waals surface area contributed by atoms with Crippen LogP contribution in [0, 0.1) is 5.92 Å². The summed E-state index contributed by atoms with van der Waals surface area (Å²) in [6.07, 6.45) is 2.96. The van der Waals surface area contributed by atoms with Crippen molar-refractivity contribution in [3.05, 3.63) is 29.8 Å². The van der Waals surface area contributed by atoms with Gasteiger partial charge in [-0.25, -0.2) is 0 Å². The number of carbonyl (C=O) groups is 3. The summed E-state index contributed by atoms with van der Waals surface area (Å²) in [5.41, 5.74) is 11.4. The Balaban J connectivity index is -0.000000490. The molecule has 1 rings (SSSR count). The molecule has 1 unspecified atom stereocenters. The van der Waals surface area contributed by atoms with Crippen LogP contribution in [-0.4, -0.2) is 35.3 Å². The van der Waals surface area contributed by atoms with Crippen LogP contribution in [0.25, 0.3) is 0 Å². The molecular formula is C21H35FmN4O5-. The molecule has 1 aromatic rings. The van der Waals surface area contributed by atoms with Gasteiger partial charge in [0, 0.05) is 18.5 Å². The van der Waals surface area contributed by atoms with E-state index >= 15 is 0 Å². The molecule has 0 bridgehead atoms. The van der Waals surface area contributed by atoms with E-state index < -0.39 is 17.9 Å². The molecule has 4 amide bonds. The first-order valence-electron chi connectivity index (χ1n) is 9.89. The number of aliphatic hydroxyl groups is 1. The summed E-state index contributed by atoms with van der Waals surface area (Å²) in [5, 5.41) is 13.8. The molecule has 0 spiro atoms. The topological polar surface area (TPSA) is 165 Å². The predicted octanol–water partition coefficient (Wildman–Crippen LogP) is 1.34. The summed E-state index contributed by atoms with van der Waals surface area (Å²) in [7, 11) is 0. The van der Waals surface area contributed by atoms with E-state index in [1.54, 1.807) is 24.3 Å². The average molecular weight is 681 g/mol. The molecule has 10 heteroatoms. The number of carbonyl (C=O) groups excluding carboxylic acids is 4. The zero-order valence-electron chi connectivity index (χ0n) is 18.5. The van der Waals surface area contributed by atoms with E-state index in [2.05, 4.69) is 10.6 Å². The summed E-state index contributed by atoms with van der Waals surface area (Å²) in [6, 6.07) is 6.33. The first-order valence-corrected chi connectivity index (χ1v) is 9.89. The van der Waals surface area contributed by atoms with E-state index in [1.165, 1.54) is 6.41 Å². The second kappa shape index (κ2) is 19.4. The van der Waals surface area contributed by atoms with Gasteiger partial charge in [0.2, 0.25) is 17.7 Å². The van der Waals surface area contributed by atoms with Gasteiger partial charge >= 0.3 is 0 Å². The van der Waals surface area contributed by atoms with Crippen molar-refractivity contribution in [3.8, 4) is 0 Å². The van der Waals surface area contributed by atoms with Gasteiger partial charge in [0.15, 0.2) is 0 Å². The third kappa shape index (κ3) is 17.9. The Morgan fingerprint density at radius 1 is 1.06 bits per heavy atom. The number of nitrogens with two attached hydrogens (primary N) is 2. The molecule has 0 saturated carbocycles. The Morgan fingerprint density at radius 3 is 2.00 bits per heavy atom. The number of anilines is 1. The van der Waals surface area contributed by atoms with Gasteiger partial charge in [0.25, 0.3) is 0 Å². The molecular weight excluding hydrogens is 645 g/mol. The second-order valence-corrected chi connectivity index (χ2v) is 6.55. The zero-order valence-corrected chi connectivity index (χ0v) is 20.9. The van der Waals surface area contributed by atoms with Gasteiger partial charge in [-0.05, 0) is 36.5 Å². The van der Waals surface area contributed by atoms with Crippen LogP contribution in [0.15, 0.2) is 24.3 Å². The van der Waals surface area contributed by atoms with Crippen LogP contribution in [0.3, 0.4) is 0 Å². The Kier molecular flexibility index (Phi) is 19.8. The quantitative estimate of drug-likeness (QED) is 0.176. The van der Waals surface area contributed by atoms with Crippen molar-refractivity contribution in [1.29, 1.82) is 0 Å². The maximum Gasteiger partial charge on any atom is 0.237 e. The fourth-order valence-corrected chi connectivity index (χ4v) is 2.13. The van der Waals surface area contributed by atoms with E-state index in [0.717, 1.165) is 5.56 Å². The normalized spacial score (nSPS) is 10.1. The largest absolute Gasteiger partial charge is 0.520 e. The van der Waals surface area contributed by atoms with Crippen molar-refractivity contribution >= 4 is 29.8 Å². The van der Waals surface area contributed by atoms with Crippen molar-refractivity contribution in [3.63, 3.8) is 0 Å². The molecule has 9 nitrogen and oxygen atoms in total. The van der Waals surface area contributed by atoms with Gasteiger partial charge in [-0.3, -0.25) is 14.4 Å². The molecule has 0 aliphatic heterocycles. The average Bonchev–Trinajstić information content (AvgIpc) is 2.69. The molecule has 0 radical (unpaired) electrons. The van der Waals surface area contributed by atoms with Crippen molar-refractivity contribution in [2.45, 2.75) is 66.0 Å². The van der Waals surface area contributed by atoms with E-state index in [4.69, 9.17) is 16.6 Å². The Labute approximate surface area is 178 Å². The molecule has 0 aliphatic rings. The third-order valence-electron chi connectivity index (χ3n) is 3.53. The number of benzene rings is 1. The number of aliphatic hydroxyl groups excluding tert-OH is 1. The molecule has 31 heavy (non-hydrogen) atoms. The zero-order chi connectivity index (χ0) is 23.5. The molecule has 0 saturated heterocycles. The number of primary amides is 2. The minimum absolute atomic E-state index is 0. The van der Waals surface area contributed by atoms with Gasteiger partial charge in [0.05, 0.1) is 12.6 Å². The fraction of sp³-hybridized carbons (Fsp3) is 0.524. The minimum Gasteiger partial charge on any atom is -0.520 e. The third-order valence-corrected chi connectivity index (χ3v) is 3.53. The summed E-state index contributed by atoms with van der Waals surface area (Å²) in [5.74, 6) is -0.733. The van der Waals surface area contributed by atoms with E-state index in [0.29, 0.717) is 24.4 Å². The number of hydrogen-bond acceptors (Lipinski definition) is 5. The molecule has 7 N–H and O–H groups in total. The van der Waals surface area contributed by atoms with E-state index in [-0.39, 0.29) is 25.4 Å². The van der Waals surface area contributed by atoms with Crippen LogP contribution >= 0.6 is 0 Å². The van der Waals surface area contributed by atoms with Gasteiger partial charge in [0.1, 0.15) is 0 Å². The van der Waals surface area contributed by atoms with Crippen molar-refractivity contribution < 1.29 is 24.3 Å². The molecule has 0 aliphatic carbocycles. The maximum atomic E-state index is 11.4. The SMILES string of the molecule is CC.CC(C)CC(N[C-]=O)C(N)=O.NC(=O)CCCC(=O)Nc1ccc(CO)cc1.[Fm].